The van der Waals surface area contributed by atoms with Crippen molar-refractivity contribution < 1.29 is 9.90 Å². The predicted molar refractivity (Wildman–Crippen MR) is 128 cm³/mol. The monoisotopic (exact) mass is 437 g/mol. The predicted octanol–water partition coefficient (Wildman–Crippen LogP) is 5.62. The molecule has 0 fully saturated rings. The van der Waals surface area contributed by atoms with Crippen LogP contribution in [0.3, 0.4) is 0 Å². The highest BCUT2D eigenvalue weighted by atomic mass is 35.5. The third-order valence-corrected chi connectivity index (χ3v) is 5.60. The molecule has 0 aliphatic heterocycles. The second-order valence-electron chi connectivity index (χ2n) is 7.68. The Bertz CT molecular complexity index is 1070. The van der Waals surface area contributed by atoms with Crippen LogP contribution in [0.5, 0.6) is 0 Å². The van der Waals surface area contributed by atoms with Gasteiger partial charge in [0, 0.05) is 31.2 Å². The number of aromatic nitrogens is 2. The number of rotatable bonds is 9. The Labute approximate surface area is 188 Å². The van der Waals surface area contributed by atoms with Gasteiger partial charge in [-0.1, -0.05) is 55.3 Å². The van der Waals surface area contributed by atoms with Crippen molar-refractivity contribution in [2.75, 3.05) is 19.0 Å². The van der Waals surface area contributed by atoms with E-state index in [-0.39, 0.29) is 5.57 Å². The molecule has 0 saturated heterocycles. The first-order chi connectivity index (χ1) is 14.9. The minimum atomic E-state index is -0.974. The molecule has 0 aliphatic rings. The number of carbonyl (C=O) groups is 1. The summed E-state index contributed by atoms with van der Waals surface area (Å²) in [5.74, 6) is -0.0427. The molecule has 5 nitrogen and oxygen atoms in total. The van der Waals surface area contributed by atoms with Crippen LogP contribution in [-0.4, -0.2) is 34.7 Å². The van der Waals surface area contributed by atoms with Gasteiger partial charge in [-0.05, 0) is 41.8 Å². The van der Waals surface area contributed by atoms with E-state index >= 15 is 0 Å². The van der Waals surface area contributed by atoms with Crippen molar-refractivity contribution in [1.29, 1.82) is 0 Å². The smallest absolute Gasteiger partial charge is 0.336 e. The highest BCUT2D eigenvalue weighted by molar-refractivity contribution is 6.31. The molecule has 0 atom stereocenters. The lowest BCUT2D eigenvalue weighted by atomic mass is 10.0. The van der Waals surface area contributed by atoms with Crippen LogP contribution < -0.4 is 4.90 Å². The van der Waals surface area contributed by atoms with Gasteiger partial charge in [0.1, 0.15) is 5.82 Å². The van der Waals surface area contributed by atoms with Gasteiger partial charge in [-0.15, -0.1) is 0 Å². The molecule has 3 aromatic rings. The SMILES string of the molecule is CCCCc1ncc(/C=C(/C(=O)O)c2ccc(N(C)C)cc2)n1Cc1ccccc1Cl. The Hall–Kier alpha value is -3.05. The van der Waals surface area contributed by atoms with Crippen molar-refractivity contribution in [3.05, 3.63) is 82.4 Å². The van der Waals surface area contributed by atoms with E-state index in [2.05, 4.69) is 16.5 Å². The lowest BCUT2D eigenvalue weighted by Crippen LogP contribution is -2.09. The number of carboxylic acid groups (broad SMARTS) is 1. The van der Waals surface area contributed by atoms with Gasteiger partial charge in [0.15, 0.2) is 0 Å². The molecule has 1 heterocycles. The average Bonchev–Trinajstić information content (AvgIpc) is 3.13. The molecule has 0 aliphatic carbocycles. The highest BCUT2D eigenvalue weighted by Crippen LogP contribution is 2.24. The minimum Gasteiger partial charge on any atom is -0.478 e. The minimum absolute atomic E-state index is 0.229. The fourth-order valence-electron chi connectivity index (χ4n) is 3.41. The summed E-state index contributed by atoms with van der Waals surface area (Å²) in [4.78, 5) is 18.7. The Kier molecular flexibility index (Phi) is 7.53. The van der Waals surface area contributed by atoms with Crippen LogP contribution in [0.25, 0.3) is 11.6 Å². The average molecular weight is 438 g/mol. The van der Waals surface area contributed by atoms with E-state index in [1.165, 1.54) is 0 Å². The number of aryl methyl sites for hydroxylation is 1. The van der Waals surface area contributed by atoms with Gasteiger partial charge in [0.2, 0.25) is 0 Å². The molecule has 1 N–H and O–H groups in total. The molecule has 0 unspecified atom stereocenters. The first-order valence-corrected chi connectivity index (χ1v) is 10.8. The number of aliphatic carboxylic acids is 1. The quantitative estimate of drug-likeness (QED) is 0.441. The van der Waals surface area contributed by atoms with Gasteiger partial charge in [-0.2, -0.15) is 0 Å². The Morgan fingerprint density at radius 1 is 1.16 bits per heavy atom. The van der Waals surface area contributed by atoms with Crippen LogP contribution >= 0.6 is 11.6 Å². The summed E-state index contributed by atoms with van der Waals surface area (Å²) >= 11 is 6.40. The zero-order chi connectivity index (χ0) is 22.4. The van der Waals surface area contributed by atoms with E-state index < -0.39 is 5.97 Å². The highest BCUT2D eigenvalue weighted by Gasteiger charge is 2.15. The molecule has 162 valence electrons. The number of halogens is 1. The fraction of sp³-hybridized carbons (Fsp3) is 0.280. The number of anilines is 1. The number of unbranched alkanes of at least 4 members (excludes halogenated alkanes) is 1. The van der Waals surface area contributed by atoms with Crippen molar-refractivity contribution in [3.63, 3.8) is 0 Å². The standard InChI is InChI=1S/C25H28ClN3O2/c1-4-5-10-24-27-16-21(29(24)17-19-8-6-7-9-23(19)26)15-22(25(30)31)18-11-13-20(14-12-18)28(2)3/h6-9,11-16H,4-5,10,17H2,1-3H3,(H,30,31)/b22-15+. The van der Waals surface area contributed by atoms with E-state index in [9.17, 15) is 9.90 Å². The Morgan fingerprint density at radius 2 is 1.87 bits per heavy atom. The first-order valence-electron chi connectivity index (χ1n) is 10.4. The van der Waals surface area contributed by atoms with Crippen LogP contribution in [0.1, 0.15) is 42.4 Å². The number of hydrogen-bond donors (Lipinski definition) is 1. The molecule has 3 rings (SSSR count). The van der Waals surface area contributed by atoms with Gasteiger partial charge in [0.25, 0.3) is 0 Å². The molecule has 0 amide bonds. The molecule has 31 heavy (non-hydrogen) atoms. The summed E-state index contributed by atoms with van der Waals surface area (Å²) < 4.78 is 2.06. The van der Waals surface area contributed by atoms with Crippen LogP contribution in [0.15, 0.2) is 54.7 Å². The molecule has 1 aromatic heterocycles. The number of hydrogen-bond acceptors (Lipinski definition) is 3. The van der Waals surface area contributed by atoms with Crippen LogP contribution in [0.4, 0.5) is 5.69 Å². The molecular formula is C25H28ClN3O2. The maximum absolute atomic E-state index is 12.1. The summed E-state index contributed by atoms with van der Waals surface area (Å²) in [7, 11) is 3.90. The van der Waals surface area contributed by atoms with Crippen molar-refractivity contribution in [3.8, 4) is 0 Å². The molecular weight excluding hydrogens is 410 g/mol. The largest absolute Gasteiger partial charge is 0.478 e. The first kappa shape index (κ1) is 22.6. The van der Waals surface area contributed by atoms with Crippen LogP contribution in [0.2, 0.25) is 5.02 Å². The number of imidazole rings is 1. The summed E-state index contributed by atoms with van der Waals surface area (Å²) in [6, 6.07) is 15.2. The summed E-state index contributed by atoms with van der Waals surface area (Å²) in [5.41, 5.74) is 3.62. The van der Waals surface area contributed by atoms with E-state index in [0.29, 0.717) is 17.1 Å². The Balaban J connectivity index is 2.04. The Morgan fingerprint density at radius 3 is 2.48 bits per heavy atom. The van der Waals surface area contributed by atoms with Crippen molar-refractivity contribution in [2.24, 2.45) is 0 Å². The number of nitrogens with zero attached hydrogens (tertiary/aromatic N) is 3. The van der Waals surface area contributed by atoms with Gasteiger partial charge < -0.3 is 14.6 Å². The molecule has 0 spiro atoms. The maximum Gasteiger partial charge on any atom is 0.336 e. The third kappa shape index (κ3) is 5.56. The second kappa shape index (κ2) is 10.3. The topological polar surface area (TPSA) is 58.4 Å². The van der Waals surface area contributed by atoms with Gasteiger partial charge >= 0.3 is 5.97 Å². The molecule has 0 radical (unpaired) electrons. The van der Waals surface area contributed by atoms with Crippen LogP contribution in [-0.2, 0) is 17.8 Å². The van der Waals surface area contributed by atoms with Gasteiger partial charge in [-0.3, -0.25) is 0 Å². The van der Waals surface area contributed by atoms with Crippen molar-refractivity contribution >= 4 is 34.9 Å². The lowest BCUT2D eigenvalue weighted by molar-refractivity contribution is -0.130. The zero-order valence-electron chi connectivity index (χ0n) is 18.2. The van der Waals surface area contributed by atoms with E-state index in [0.717, 1.165) is 42.0 Å². The summed E-state index contributed by atoms with van der Waals surface area (Å²) in [6.45, 7) is 2.68. The lowest BCUT2D eigenvalue weighted by Gasteiger charge is -2.14. The third-order valence-electron chi connectivity index (χ3n) is 5.23. The van der Waals surface area contributed by atoms with Crippen molar-refractivity contribution in [2.45, 2.75) is 32.7 Å². The summed E-state index contributed by atoms with van der Waals surface area (Å²) in [5, 5.41) is 10.6. The molecule has 0 saturated carbocycles. The van der Waals surface area contributed by atoms with E-state index in [4.69, 9.17) is 11.6 Å². The van der Waals surface area contributed by atoms with Crippen LogP contribution in [0, 0.1) is 0 Å². The second-order valence-corrected chi connectivity index (χ2v) is 8.09. The van der Waals surface area contributed by atoms with Gasteiger partial charge in [-0.25, -0.2) is 9.78 Å². The summed E-state index contributed by atoms with van der Waals surface area (Å²) in [6.07, 6.45) is 6.35. The fourth-order valence-corrected chi connectivity index (χ4v) is 3.61. The molecule has 2 aromatic carbocycles. The number of carboxylic acids is 1. The molecule has 0 bridgehead atoms. The van der Waals surface area contributed by atoms with E-state index in [1.54, 1.807) is 12.3 Å². The van der Waals surface area contributed by atoms with Crippen molar-refractivity contribution in [1.82, 2.24) is 9.55 Å². The van der Waals surface area contributed by atoms with E-state index in [1.807, 2.05) is 67.5 Å². The normalized spacial score (nSPS) is 11.5. The van der Waals surface area contributed by atoms with Gasteiger partial charge in [0.05, 0.1) is 24.0 Å². The zero-order valence-corrected chi connectivity index (χ0v) is 18.9. The number of benzene rings is 2. The molecule has 6 heteroatoms. The maximum atomic E-state index is 12.1.